The molecule has 0 atom stereocenters. The van der Waals surface area contributed by atoms with Crippen LogP contribution in [0.3, 0.4) is 0 Å². The highest BCUT2D eigenvalue weighted by atomic mass is 32.2. The maximum atomic E-state index is 12.8. The van der Waals surface area contributed by atoms with E-state index in [-0.39, 0.29) is 11.1 Å². The average molecular weight is 519 g/mol. The van der Waals surface area contributed by atoms with Crippen molar-refractivity contribution in [3.8, 4) is 5.69 Å². The molecule has 0 spiro atoms. The SMILES string of the molecule is CCCn1cnnc1C1(c2cccc(Sc3ccc(-n4nc(C)n(CCC)c4=O)cc3)c2)CCOCC1. The molecule has 2 aromatic heterocycles. The van der Waals surface area contributed by atoms with Crippen molar-refractivity contribution in [2.45, 2.75) is 74.7 Å². The summed E-state index contributed by atoms with van der Waals surface area (Å²) in [6.45, 7) is 9.13. The van der Waals surface area contributed by atoms with Gasteiger partial charge in [0.2, 0.25) is 0 Å². The number of benzene rings is 2. The van der Waals surface area contributed by atoms with E-state index >= 15 is 0 Å². The lowest BCUT2D eigenvalue weighted by Gasteiger charge is -2.37. The number of aryl methyl sites for hydroxylation is 2. The summed E-state index contributed by atoms with van der Waals surface area (Å²) >= 11 is 1.71. The number of nitrogens with zero attached hydrogens (tertiary/aromatic N) is 6. The minimum Gasteiger partial charge on any atom is -0.381 e. The number of ether oxygens (including phenoxy) is 1. The summed E-state index contributed by atoms with van der Waals surface area (Å²) in [4.78, 5) is 15.0. The van der Waals surface area contributed by atoms with Crippen molar-refractivity contribution < 1.29 is 4.74 Å². The van der Waals surface area contributed by atoms with Crippen molar-refractivity contribution in [1.29, 1.82) is 0 Å². The zero-order valence-corrected chi connectivity index (χ0v) is 22.6. The number of hydrogen-bond donors (Lipinski definition) is 0. The van der Waals surface area contributed by atoms with Crippen molar-refractivity contribution in [2.24, 2.45) is 0 Å². The van der Waals surface area contributed by atoms with Gasteiger partial charge in [-0.2, -0.15) is 9.78 Å². The van der Waals surface area contributed by atoms with Crippen LogP contribution in [0.1, 0.15) is 56.7 Å². The summed E-state index contributed by atoms with van der Waals surface area (Å²) in [6, 6.07) is 16.8. The van der Waals surface area contributed by atoms with Gasteiger partial charge in [0.1, 0.15) is 18.0 Å². The summed E-state index contributed by atoms with van der Waals surface area (Å²) in [5, 5.41) is 13.3. The van der Waals surface area contributed by atoms with Gasteiger partial charge in [0.15, 0.2) is 0 Å². The zero-order chi connectivity index (χ0) is 25.8. The van der Waals surface area contributed by atoms with Crippen LogP contribution in [0, 0.1) is 6.92 Å². The Hall–Kier alpha value is -3.17. The van der Waals surface area contributed by atoms with Gasteiger partial charge < -0.3 is 9.30 Å². The van der Waals surface area contributed by atoms with Crippen LogP contribution in [0.25, 0.3) is 5.69 Å². The Kier molecular flexibility index (Phi) is 7.62. The fraction of sp³-hybridized carbons (Fsp3) is 0.429. The predicted molar refractivity (Wildman–Crippen MR) is 145 cm³/mol. The van der Waals surface area contributed by atoms with Gasteiger partial charge in [-0.1, -0.05) is 37.7 Å². The van der Waals surface area contributed by atoms with Gasteiger partial charge in [-0.25, -0.2) is 4.79 Å². The quantitative estimate of drug-likeness (QED) is 0.310. The summed E-state index contributed by atoms with van der Waals surface area (Å²) in [5.74, 6) is 1.77. The normalized spacial score (nSPS) is 15.2. The molecule has 0 aliphatic carbocycles. The van der Waals surface area contributed by atoms with Gasteiger partial charge in [-0.3, -0.25) is 4.57 Å². The Balaban J connectivity index is 1.41. The molecule has 3 heterocycles. The van der Waals surface area contributed by atoms with Crippen LogP contribution in [0.4, 0.5) is 0 Å². The first-order valence-corrected chi connectivity index (χ1v) is 13.9. The molecule has 8 nitrogen and oxygen atoms in total. The van der Waals surface area contributed by atoms with Gasteiger partial charge in [-0.05, 0) is 74.6 Å². The first kappa shape index (κ1) is 25.5. The van der Waals surface area contributed by atoms with Crippen LogP contribution in [0.2, 0.25) is 0 Å². The lowest BCUT2D eigenvalue weighted by molar-refractivity contribution is 0.0591. The van der Waals surface area contributed by atoms with E-state index in [0.717, 1.165) is 59.4 Å². The summed E-state index contributed by atoms with van der Waals surface area (Å²) in [7, 11) is 0. The van der Waals surface area contributed by atoms with Crippen molar-refractivity contribution in [2.75, 3.05) is 13.2 Å². The van der Waals surface area contributed by atoms with E-state index in [1.54, 1.807) is 16.3 Å². The predicted octanol–water partition coefficient (Wildman–Crippen LogP) is 5.00. The van der Waals surface area contributed by atoms with Crippen LogP contribution in [0.5, 0.6) is 0 Å². The van der Waals surface area contributed by atoms with Crippen LogP contribution < -0.4 is 5.69 Å². The second-order valence-corrected chi connectivity index (χ2v) is 10.7. The minimum atomic E-state index is -0.208. The molecular formula is C28H34N6O2S. The van der Waals surface area contributed by atoms with Crippen molar-refractivity contribution >= 4 is 11.8 Å². The molecule has 0 saturated carbocycles. The second-order valence-electron chi connectivity index (χ2n) is 9.56. The molecule has 0 N–H and O–H groups in total. The Labute approximate surface area is 221 Å². The lowest BCUT2D eigenvalue weighted by atomic mass is 9.73. The maximum Gasteiger partial charge on any atom is 0.350 e. The highest BCUT2D eigenvalue weighted by Crippen LogP contribution is 2.42. The topological polar surface area (TPSA) is 79.8 Å². The van der Waals surface area contributed by atoms with E-state index in [1.165, 1.54) is 10.2 Å². The standard InChI is InChI=1S/C28H34N6O2S/c1-4-15-32-20-29-30-26(32)28(13-17-36-18-14-28)22-7-6-8-25(19-22)37-24-11-9-23(10-12-24)34-27(35)33(16-5-2)21(3)31-34/h6-12,19-20H,4-5,13-18H2,1-3H3. The highest BCUT2D eigenvalue weighted by Gasteiger charge is 2.40. The van der Waals surface area contributed by atoms with E-state index in [0.29, 0.717) is 19.8 Å². The number of aromatic nitrogens is 6. The third kappa shape index (κ3) is 5.02. The third-order valence-corrected chi connectivity index (χ3v) is 8.05. The van der Waals surface area contributed by atoms with E-state index in [4.69, 9.17) is 4.74 Å². The molecular weight excluding hydrogens is 484 g/mol. The van der Waals surface area contributed by atoms with Gasteiger partial charge in [0.25, 0.3) is 0 Å². The van der Waals surface area contributed by atoms with Crippen molar-refractivity contribution in [3.05, 3.63) is 82.6 Å². The lowest BCUT2D eigenvalue weighted by Crippen LogP contribution is -2.37. The first-order valence-electron chi connectivity index (χ1n) is 13.1. The minimum absolute atomic E-state index is 0.0925. The fourth-order valence-electron chi connectivity index (χ4n) is 5.18. The van der Waals surface area contributed by atoms with E-state index in [9.17, 15) is 4.79 Å². The molecule has 1 aliphatic rings. The average Bonchev–Trinajstić information content (AvgIpc) is 3.50. The van der Waals surface area contributed by atoms with Gasteiger partial charge in [0, 0.05) is 36.1 Å². The Bertz CT molecular complexity index is 1400. The summed E-state index contributed by atoms with van der Waals surface area (Å²) < 4.78 is 11.2. The first-order chi connectivity index (χ1) is 18.1. The van der Waals surface area contributed by atoms with E-state index in [2.05, 4.69) is 70.1 Å². The second kappa shape index (κ2) is 11.1. The van der Waals surface area contributed by atoms with Crippen molar-refractivity contribution in [3.63, 3.8) is 0 Å². The van der Waals surface area contributed by atoms with Crippen LogP contribution in [0.15, 0.2) is 69.4 Å². The smallest absolute Gasteiger partial charge is 0.350 e. The molecule has 0 bridgehead atoms. The molecule has 1 saturated heterocycles. The molecule has 2 aromatic carbocycles. The number of rotatable bonds is 9. The number of hydrogen-bond acceptors (Lipinski definition) is 6. The van der Waals surface area contributed by atoms with Crippen LogP contribution in [-0.4, -0.2) is 42.3 Å². The van der Waals surface area contributed by atoms with E-state index in [1.807, 2.05) is 25.4 Å². The molecule has 5 rings (SSSR count). The molecule has 1 aliphatic heterocycles. The van der Waals surface area contributed by atoms with Crippen LogP contribution >= 0.6 is 11.8 Å². The molecule has 0 amide bonds. The van der Waals surface area contributed by atoms with Gasteiger partial charge in [0.05, 0.1) is 11.1 Å². The van der Waals surface area contributed by atoms with E-state index < -0.39 is 0 Å². The Morgan fingerprint density at radius 1 is 1.00 bits per heavy atom. The highest BCUT2D eigenvalue weighted by molar-refractivity contribution is 7.99. The summed E-state index contributed by atoms with van der Waals surface area (Å²) in [5.41, 5.74) is 1.73. The van der Waals surface area contributed by atoms with Gasteiger partial charge >= 0.3 is 5.69 Å². The summed E-state index contributed by atoms with van der Waals surface area (Å²) in [6.07, 6.45) is 5.56. The molecule has 0 unspecified atom stereocenters. The van der Waals surface area contributed by atoms with Crippen molar-refractivity contribution in [1.82, 2.24) is 29.1 Å². The Morgan fingerprint density at radius 3 is 2.49 bits per heavy atom. The molecule has 1 fully saturated rings. The van der Waals surface area contributed by atoms with Gasteiger partial charge in [-0.15, -0.1) is 10.2 Å². The van der Waals surface area contributed by atoms with Crippen LogP contribution in [-0.2, 0) is 23.2 Å². The molecule has 37 heavy (non-hydrogen) atoms. The zero-order valence-electron chi connectivity index (χ0n) is 21.8. The largest absolute Gasteiger partial charge is 0.381 e. The third-order valence-electron chi connectivity index (χ3n) is 7.05. The monoisotopic (exact) mass is 518 g/mol. The fourth-order valence-corrected chi connectivity index (χ4v) is 6.06. The molecule has 4 aromatic rings. The molecule has 9 heteroatoms. The molecule has 0 radical (unpaired) electrons. The maximum absolute atomic E-state index is 12.8. The molecule has 194 valence electrons. The Morgan fingerprint density at radius 2 is 1.76 bits per heavy atom.